The molecule has 0 atom stereocenters. The van der Waals surface area contributed by atoms with Crippen LogP contribution in [-0.2, 0) is 9.53 Å². The summed E-state index contributed by atoms with van der Waals surface area (Å²) < 4.78 is 32.9. The van der Waals surface area contributed by atoms with Gasteiger partial charge < -0.3 is 10.1 Å². The van der Waals surface area contributed by atoms with Gasteiger partial charge in [-0.1, -0.05) is 6.07 Å². The second-order valence-corrected chi connectivity index (χ2v) is 7.44. The maximum absolute atomic E-state index is 13.6. The van der Waals surface area contributed by atoms with E-state index in [0.29, 0.717) is 11.3 Å². The molecule has 0 bridgehead atoms. The summed E-state index contributed by atoms with van der Waals surface area (Å²) in [4.78, 5) is 12.8. The van der Waals surface area contributed by atoms with E-state index >= 15 is 0 Å². The SMILES string of the molecule is COC1=C(c2c(C)cc(C)c(C)c2C)C(=O)NC12CCC(F)(F)CC2. The van der Waals surface area contributed by atoms with E-state index in [0.717, 1.165) is 22.3 Å². The van der Waals surface area contributed by atoms with Crippen molar-refractivity contribution in [1.82, 2.24) is 5.32 Å². The minimum Gasteiger partial charge on any atom is -0.498 e. The molecule has 1 aliphatic heterocycles. The van der Waals surface area contributed by atoms with Crippen molar-refractivity contribution in [3.05, 3.63) is 39.6 Å². The summed E-state index contributed by atoms with van der Waals surface area (Å²) in [5.74, 6) is -2.37. The fraction of sp³-hybridized carbons (Fsp3) is 0.550. The topological polar surface area (TPSA) is 38.3 Å². The summed E-state index contributed by atoms with van der Waals surface area (Å²) in [5, 5.41) is 2.97. The number of rotatable bonds is 2. The molecule has 0 radical (unpaired) electrons. The Labute approximate surface area is 147 Å². The molecule has 3 rings (SSSR count). The molecule has 0 saturated heterocycles. The molecular formula is C20H25F2NO2. The number of hydrogen-bond acceptors (Lipinski definition) is 2. The quantitative estimate of drug-likeness (QED) is 0.862. The van der Waals surface area contributed by atoms with Gasteiger partial charge in [0.25, 0.3) is 5.91 Å². The van der Waals surface area contributed by atoms with Crippen molar-refractivity contribution in [3.63, 3.8) is 0 Å². The van der Waals surface area contributed by atoms with E-state index in [-0.39, 0.29) is 31.6 Å². The molecule has 1 N–H and O–H groups in total. The van der Waals surface area contributed by atoms with Gasteiger partial charge in [-0.2, -0.15) is 0 Å². The Balaban J connectivity index is 2.17. The van der Waals surface area contributed by atoms with E-state index in [9.17, 15) is 13.6 Å². The predicted octanol–water partition coefficient (Wildman–Crippen LogP) is 4.36. The summed E-state index contributed by atoms with van der Waals surface area (Å²) in [6.45, 7) is 8.05. The van der Waals surface area contributed by atoms with Crippen LogP contribution in [0.5, 0.6) is 0 Å². The van der Waals surface area contributed by atoms with E-state index in [1.165, 1.54) is 12.7 Å². The summed E-state index contributed by atoms with van der Waals surface area (Å²) in [5.41, 5.74) is 4.91. The standard InChI is InChI=1S/C20H25F2NO2/c1-11-10-12(2)15(14(4)13(11)3)16-17(25-5)19(23-18(16)24)6-8-20(21,22)9-7-19/h10H,6-9H2,1-5H3,(H,23,24). The van der Waals surface area contributed by atoms with Crippen molar-refractivity contribution in [1.29, 1.82) is 0 Å². The highest BCUT2D eigenvalue weighted by molar-refractivity contribution is 6.24. The van der Waals surface area contributed by atoms with Gasteiger partial charge in [0.2, 0.25) is 5.92 Å². The van der Waals surface area contributed by atoms with Gasteiger partial charge in [0.05, 0.1) is 18.2 Å². The number of carbonyl (C=O) groups excluding carboxylic acids is 1. The van der Waals surface area contributed by atoms with Crippen LogP contribution in [0.1, 0.15) is 53.5 Å². The minimum atomic E-state index is -2.66. The van der Waals surface area contributed by atoms with Crippen molar-refractivity contribution >= 4 is 11.5 Å². The average molecular weight is 349 g/mol. The molecular weight excluding hydrogens is 324 g/mol. The van der Waals surface area contributed by atoms with E-state index in [2.05, 4.69) is 11.4 Å². The molecule has 3 nitrogen and oxygen atoms in total. The summed E-state index contributed by atoms with van der Waals surface area (Å²) in [6.07, 6.45) is -0.0840. The number of nitrogens with one attached hydrogen (secondary N) is 1. The van der Waals surface area contributed by atoms with Crippen molar-refractivity contribution in [3.8, 4) is 0 Å². The highest BCUT2D eigenvalue weighted by Gasteiger charge is 2.52. The van der Waals surface area contributed by atoms with Crippen molar-refractivity contribution < 1.29 is 18.3 Å². The normalized spacial score (nSPS) is 21.6. The Morgan fingerprint density at radius 2 is 1.60 bits per heavy atom. The Kier molecular flexibility index (Phi) is 4.17. The van der Waals surface area contributed by atoms with Gasteiger partial charge in [0.15, 0.2) is 0 Å². The van der Waals surface area contributed by atoms with Crippen LogP contribution in [0.3, 0.4) is 0 Å². The fourth-order valence-electron chi connectivity index (χ4n) is 4.27. The van der Waals surface area contributed by atoms with E-state index < -0.39 is 11.5 Å². The lowest BCUT2D eigenvalue weighted by atomic mass is 9.78. The lowest BCUT2D eigenvalue weighted by Gasteiger charge is -2.38. The van der Waals surface area contributed by atoms with Gasteiger partial charge in [0, 0.05) is 12.8 Å². The minimum absolute atomic E-state index is 0.196. The first kappa shape index (κ1) is 17.9. The van der Waals surface area contributed by atoms with Gasteiger partial charge in [-0.05, 0) is 68.4 Å². The van der Waals surface area contributed by atoms with Crippen LogP contribution in [-0.4, -0.2) is 24.5 Å². The molecule has 1 aliphatic carbocycles. The third kappa shape index (κ3) is 2.74. The molecule has 1 amide bonds. The molecule has 2 aliphatic rings. The lowest BCUT2D eigenvalue weighted by molar-refractivity contribution is -0.118. The Bertz CT molecular complexity index is 770. The Morgan fingerprint density at radius 3 is 2.16 bits per heavy atom. The van der Waals surface area contributed by atoms with Crippen LogP contribution in [0, 0.1) is 27.7 Å². The van der Waals surface area contributed by atoms with Crippen molar-refractivity contribution in [2.24, 2.45) is 0 Å². The zero-order valence-corrected chi connectivity index (χ0v) is 15.5. The molecule has 1 saturated carbocycles. The maximum atomic E-state index is 13.6. The molecule has 0 aromatic heterocycles. The smallest absolute Gasteiger partial charge is 0.256 e. The predicted molar refractivity (Wildman–Crippen MR) is 93.6 cm³/mol. The number of amides is 1. The monoisotopic (exact) mass is 349 g/mol. The van der Waals surface area contributed by atoms with Gasteiger partial charge in [0.1, 0.15) is 5.76 Å². The van der Waals surface area contributed by atoms with Crippen LogP contribution < -0.4 is 5.32 Å². The van der Waals surface area contributed by atoms with Crippen LogP contribution in [0.2, 0.25) is 0 Å². The van der Waals surface area contributed by atoms with E-state index in [4.69, 9.17) is 4.74 Å². The second kappa shape index (κ2) is 5.82. The van der Waals surface area contributed by atoms with Crippen LogP contribution >= 0.6 is 0 Å². The summed E-state index contributed by atoms with van der Waals surface area (Å²) in [6, 6.07) is 2.06. The largest absolute Gasteiger partial charge is 0.498 e. The van der Waals surface area contributed by atoms with Crippen LogP contribution in [0.4, 0.5) is 8.78 Å². The van der Waals surface area contributed by atoms with Crippen LogP contribution in [0.15, 0.2) is 11.8 Å². The van der Waals surface area contributed by atoms with Gasteiger partial charge in [-0.25, -0.2) is 8.78 Å². The van der Waals surface area contributed by atoms with E-state index in [1.54, 1.807) is 0 Å². The number of alkyl halides is 2. The number of methoxy groups -OCH3 is 1. The first-order valence-corrected chi connectivity index (χ1v) is 8.69. The first-order chi connectivity index (χ1) is 11.6. The maximum Gasteiger partial charge on any atom is 0.256 e. The molecule has 0 unspecified atom stereocenters. The first-order valence-electron chi connectivity index (χ1n) is 8.69. The summed E-state index contributed by atoms with van der Waals surface area (Å²) >= 11 is 0. The molecule has 1 spiro atoms. The Hall–Kier alpha value is -1.91. The zero-order chi connectivity index (χ0) is 18.6. The number of hydrogen-bond donors (Lipinski definition) is 1. The second-order valence-electron chi connectivity index (χ2n) is 7.44. The molecule has 1 aromatic rings. The molecule has 5 heteroatoms. The number of benzene rings is 1. The molecule has 1 aromatic carbocycles. The van der Waals surface area contributed by atoms with Crippen molar-refractivity contribution in [2.75, 3.05) is 7.11 Å². The number of carbonyl (C=O) groups is 1. The third-order valence-electron chi connectivity index (χ3n) is 5.89. The average Bonchev–Trinajstić information content (AvgIpc) is 2.81. The number of ether oxygens (including phenoxy) is 1. The van der Waals surface area contributed by atoms with Crippen LogP contribution in [0.25, 0.3) is 5.57 Å². The molecule has 25 heavy (non-hydrogen) atoms. The fourth-order valence-corrected chi connectivity index (χ4v) is 4.27. The number of aryl methyl sites for hydroxylation is 2. The zero-order valence-electron chi connectivity index (χ0n) is 15.5. The van der Waals surface area contributed by atoms with Gasteiger partial charge in [-0.3, -0.25) is 4.79 Å². The van der Waals surface area contributed by atoms with Crippen molar-refractivity contribution in [2.45, 2.75) is 64.8 Å². The Morgan fingerprint density at radius 1 is 1.00 bits per heavy atom. The van der Waals surface area contributed by atoms with Gasteiger partial charge in [-0.15, -0.1) is 0 Å². The molecule has 1 fully saturated rings. The molecule has 136 valence electrons. The highest BCUT2D eigenvalue weighted by atomic mass is 19.3. The number of halogens is 2. The van der Waals surface area contributed by atoms with Gasteiger partial charge >= 0.3 is 0 Å². The summed E-state index contributed by atoms with van der Waals surface area (Å²) in [7, 11) is 1.52. The third-order valence-corrected chi connectivity index (χ3v) is 5.89. The van der Waals surface area contributed by atoms with E-state index in [1.807, 2.05) is 27.7 Å². The lowest BCUT2D eigenvalue weighted by Crippen LogP contribution is -2.49. The highest BCUT2D eigenvalue weighted by Crippen LogP contribution is 2.47. The molecule has 1 heterocycles.